The highest BCUT2D eigenvalue weighted by Gasteiger charge is 2.46. The van der Waals surface area contributed by atoms with Gasteiger partial charge >= 0.3 is 0 Å². The Bertz CT molecular complexity index is 327. The van der Waals surface area contributed by atoms with E-state index in [-0.39, 0.29) is 6.10 Å². The third kappa shape index (κ3) is 4.32. The molecule has 2 nitrogen and oxygen atoms in total. The summed E-state index contributed by atoms with van der Waals surface area (Å²) in [5.74, 6) is 1.47. The molecule has 2 aliphatic carbocycles. The van der Waals surface area contributed by atoms with E-state index in [1.54, 1.807) is 0 Å². The molecule has 3 heteroatoms. The maximum Gasteiger partial charge on any atom is 0.170 e. The van der Waals surface area contributed by atoms with Gasteiger partial charge in [-0.1, -0.05) is 20.8 Å². The third-order valence-corrected chi connectivity index (χ3v) is 7.09. The molecule has 2 aliphatic rings. The third-order valence-electron chi connectivity index (χ3n) is 6.23. The van der Waals surface area contributed by atoms with Crippen LogP contribution in [0, 0.1) is 22.7 Å². The minimum absolute atomic E-state index is 0.0848. The molecule has 0 aromatic carbocycles. The van der Waals surface area contributed by atoms with Gasteiger partial charge in [0.15, 0.2) is 9.04 Å². The normalized spacial score (nSPS) is 38.1. The first-order chi connectivity index (χ1) is 9.73. The van der Waals surface area contributed by atoms with Crippen molar-refractivity contribution in [1.29, 1.82) is 0 Å². The Balaban J connectivity index is 2.01. The smallest absolute Gasteiger partial charge is 0.170 e. The molecular weight excluding hydrogens is 276 g/mol. The van der Waals surface area contributed by atoms with E-state index in [2.05, 4.69) is 33.9 Å². The van der Waals surface area contributed by atoms with E-state index < -0.39 is 9.04 Å². The molecule has 21 heavy (non-hydrogen) atoms. The van der Waals surface area contributed by atoms with E-state index in [9.17, 15) is 5.11 Å². The van der Waals surface area contributed by atoms with Crippen LogP contribution in [0.5, 0.6) is 0 Å². The summed E-state index contributed by atoms with van der Waals surface area (Å²) < 4.78 is 6.08. The Morgan fingerprint density at radius 2 is 1.67 bits per heavy atom. The van der Waals surface area contributed by atoms with Gasteiger partial charge in [-0.05, 0) is 80.7 Å². The second-order valence-corrected chi connectivity index (χ2v) is 11.4. The molecule has 0 radical (unpaired) electrons. The minimum atomic E-state index is -0.954. The largest absolute Gasteiger partial charge is 0.420 e. The zero-order valence-electron chi connectivity index (χ0n) is 14.8. The van der Waals surface area contributed by atoms with Gasteiger partial charge in [-0.2, -0.15) is 0 Å². The molecule has 0 aliphatic heterocycles. The van der Waals surface area contributed by atoms with Crippen molar-refractivity contribution >= 4 is 9.04 Å². The van der Waals surface area contributed by atoms with Gasteiger partial charge < -0.3 is 9.53 Å². The maximum atomic E-state index is 10.1. The molecular formula is C18H36O2Si. The zero-order chi connectivity index (χ0) is 15.7. The lowest BCUT2D eigenvalue weighted by Gasteiger charge is -2.51. The molecule has 124 valence electrons. The molecule has 2 atom stereocenters. The van der Waals surface area contributed by atoms with Gasteiger partial charge in [-0.15, -0.1) is 0 Å². The minimum Gasteiger partial charge on any atom is -0.420 e. The highest BCUT2D eigenvalue weighted by molar-refractivity contribution is 6.48. The molecule has 2 fully saturated rings. The average Bonchev–Trinajstić information content (AvgIpc) is 2.39. The summed E-state index contributed by atoms with van der Waals surface area (Å²) in [5, 5.41) is 10.1. The van der Waals surface area contributed by atoms with E-state index in [1.165, 1.54) is 32.1 Å². The monoisotopic (exact) mass is 312 g/mol. The summed E-state index contributed by atoms with van der Waals surface area (Å²) >= 11 is 0. The Kier molecular flexibility index (Phi) is 5.59. The lowest BCUT2D eigenvalue weighted by Crippen LogP contribution is -2.45. The lowest BCUT2D eigenvalue weighted by molar-refractivity contribution is -0.0514. The van der Waals surface area contributed by atoms with Crippen molar-refractivity contribution in [2.24, 2.45) is 22.7 Å². The van der Waals surface area contributed by atoms with Crippen molar-refractivity contribution in [1.82, 2.24) is 0 Å². The Hall–Kier alpha value is 0.137. The molecule has 2 saturated carbocycles. The summed E-state index contributed by atoms with van der Waals surface area (Å²) in [7, 11) is -0.954. The summed E-state index contributed by atoms with van der Waals surface area (Å²) in [5.41, 5.74) is 0.927. The Morgan fingerprint density at radius 3 is 2.19 bits per heavy atom. The second-order valence-electron chi connectivity index (χ2n) is 9.01. The van der Waals surface area contributed by atoms with Gasteiger partial charge in [0, 0.05) is 6.61 Å². The second kappa shape index (κ2) is 6.72. The highest BCUT2D eigenvalue weighted by Crippen LogP contribution is 2.54. The van der Waals surface area contributed by atoms with E-state index in [0.29, 0.717) is 16.7 Å². The average molecular weight is 313 g/mol. The van der Waals surface area contributed by atoms with Crippen LogP contribution in [0.25, 0.3) is 0 Å². The Labute approximate surface area is 133 Å². The quantitative estimate of drug-likeness (QED) is 0.784. The van der Waals surface area contributed by atoms with Crippen LogP contribution in [-0.2, 0) is 4.43 Å². The maximum absolute atomic E-state index is 10.1. The predicted octanol–water partition coefficient (Wildman–Crippen LogP) is 4.37. The van der Waals surface area contributed by atoms with Gasteiger partial charge in [-0.3, -0.25) is 0 Å². The van der Waals surface area contributed by atoms with E-state index in [4.69, 9.17) is 4.43 Å². The van der Waals surface area contributed by atoms with Gasteiger partial charge in [0.25, 0.3) is 0 Å². The van der Waals surface area contributed by atoms with Gasteiger partial charge in [0.05, 0.1) is 6.10 Å². The lowest BCUT2D eigenvalue weighted by atomic mass is 9.55. The summed E-state index contributed by atoms with van der Waals surface area (Å²) in [6.07, 6.45) is 8.57. The van der Waals surface area contributed by atoms with Crippen molar-refractivity contribution in [2.75, 3.05) is 6.61 Å². The van der Waals surface area contributed by atoms with Gasteiger partial charge in [0.2, 0.25) is 0 Å². The van der Waals surface area contributed by atoms with Crippen LogP contribution < -0.4 is 0 Å². The standard InChI is InChI=1S/C18H36O2Si/c1-17(2,3)14-6-9-18(10-7-14)11-8-16(19)12-15(18)13-20-21(4)5/h14-16,19,21H,6-13H2,1-5H3. The first-order valence-corrected chi connectivity index (χ1v) is 11.8. The van der Waals surface area contributed by atoms with Crippen molar-refractivity contribution in [3.8, 4) is 0 Å². The fraction of sp³-hybridized carbons (Fsp3) is 1.00. The molecule has 0 aromatic heterocycles. The fourth-order valence-corrected chi connectivity index (χ4v) is 5.24. The molecule has 2 rings (SSSR count). The van der Waals surface area contributed by atoms with Crippen LogP contribution in [-0.4, -0.2) is 26.9 Å². The molecule has 0 bridgehead atoms. The fourth-order valence-electron chi connectivity index (χ4n) is 4.62. The summed E-state index contributed by atoms with van der Waals surface area (Å²) in [6, 6.07) is 0. The van der Waals surface area contributed by atoms with Crippen LogP contribution in [0.1, 0.15) is 65.7 Å². The summed E-state index contributed by atoms with van der Waals surface area (Å²) in [6.45, 7) is 12.6. The molecule has 0 aromatic rings. The summed E-state index contributed by atoms with van der Waals surface area (Å²) in [4.78, 5) is 0. The SMILES string of the molecule is C[SiH](C)OCC1CC(O)CCC12CCC(C(C)(C)C)CC2. The molecule has 1 spiro atoms. The highest BCUT2D eigenvalue weighted by atomic mass is 28.3. The van der Waals surface area contributed by atoms with Crippen molar-refractivity contribution in [3.63, 3.8) is 0 Å². The molecule has 0 saturated heterocycles. The number of rotatable bonds is 3. The number of aliphatic hydroxyl groups excluding tert-OH is 1. The van der Waals surface area contributed by atoms with Crippen LogP contribution >= 0.6 is 0 Å². The van der Waals surface area contributed by atoms with Crippen molar-refractivity contribution in [3.05, 3.63) is 0 Å². The molecule has 0 amide bonds. The predicted molar refractivity (Wildman–Crippen MR) is 92.0 cm³/mol. The molecule has 1 N–H and O–H groups in total. The Morgan fingerprint density at radius 1 is 1.10 bits per heavy atom. The number of aliphatic hydroxyl groups is 1. The topological polar surface area (TPSA) is 29.5 Å². The van der Waals surface area contributed by atoms with Crippen LogP contribution in [0.4, 0.5) is 0 Å². The van der Waals surface area contributed by atoms with E-state index in [1.807, 2.05) is 0 Å². The number of hydrogen-bond acceptors (Lipinski definition) is 2. The van der Waals surface area contributed by atoms with Crippen LogP contribution in [0.15, 0.2) is 0 Å². The van der Waals surface area contributed by atoms with Crippen molar-refractivity contribution < 1.29 is 9.53 Å². The zero-order valence-corrected chi connectivity index (χ0v) is 16.0. The molecule has 0 heterocycles. The number of hydrogen-bond donors (Lipinski definition) is 1. The van der Waals surface area contributed by atoms with E-state index in [0.717, 1.165) is 25.4 Å². The van der Waals surface area contributed by atoms with E-state index >= 15 is 0 Å². The van der Waals surface area contributed by atoms with Crippen LogP contribution in [0.2, 0.25) is 13.1 Å². The van der Waals surface area contributed by atoms with Gasteiger partial charge in [-0.25, -0.2) is 0 Å². The van der Waals surface area contributed by atoms with Crippen molar-refractivity contribution in [2.45, 2.75) is 84.9 Å². The first kappa shape index (κ1) is 17.5. The van der Waals surface area contributed by atoms with Crippen LogP contribution in [0.3, 0.4) is 0 Å². The van der Waals surface area contributed by atoms with Gasteiger partial charge in [0.1, 0.15) is 0 Å². The first-order valence-electron chi connectivity index (χ1n) is 9.02. The molecule has 2 unspecified atom stereocenters.